The van der Waals surface area contributed by atoms with Gasteiger partial charge in [-0.1, -0.05) is 72.8 Å². The molecule has 0 unspecified atom stereocenters. The highest BCUT2D eigenvalue weighted by Crippen LogP contribution is 2.39. The summed E-state index contributed by atoms with van der Waals surface area (Å²) in [5.41, 5.74) is 11.7. The molecule has 0 radical (unpaired) electrons. The van der Waals surface area contributed by atoms with E-state index in [1.165, 1.54) is 32.7 Å². The number of benzene rings is 7. The van der Waals surface area contributed by atoms with E-state index in [9.17, 15) is 0 Å². The van der Waals surface area contributed by atoms with E-state index >= 15 is 0 Å². The van der Waals surface area contributed by atoms with Crippen molar-refractivity contribution in [3.8, 4) is 33.4 Å². The summed E-state index contributed by atoms with van der Waals surface area (Å²) >= 11 is 0. The van der Waals surface area contributed by atoms with Gasteiger partial charge >= 0.3 is 0 Å². The molecule has 5 heteroatoms. The van der Waals surface area contributed by atoms with Gasteiger partial charge in [-0.2, -0.15) is 0 Å². The van der Waals surface area contributed by atoms with Crippen LogP contribution < -0.4 is 4.90 Å². The van der Waals surface area contributed by atoms with Gasteiger partial charge in [0.25, 0.3) is 0 Å². The van der Waals surface area contributed by atoms with Gasteiger partial charge in [-0.05, 0) is 146 Å². The summed E-state index contributed by atoms with van der Waals surface area (Å²) in [6.07, 6.45) is 9.28. The Bertz CT molecular complexity index is 3140. The van der Waals surface area contributed by atoms with Gasteiger partial charge < -0.3 is 9.32 Å². The average Bonchev–Trinajstić information content (AvgIpc) is 3.64. The predicted molar refractivity (Wildman–Crippen MR) is 231 cm³/mol. The van der Waals surface area contributed by atoms with Gasteiger partial charge in [0.1, 0.15) is 5.58 Å². The van der Waals surface area contributed by atoms with Crippen LogP contribution in [0, 0.1) is 0 Å². The van der Waals surface area contributed by atoms with Crippen LogP contribution in [0.2, 0.25) is 0 Å². The number of hydrogen-bond acceptors (Lipinski definition) is 5. The van der Waals surface area contributed by atoms with Crippen LogP contribution in [-0.4, -0.2) is 15.0 Å². The smallest absolute Gasteiger partial charge is 0.227 e. The molecular weight excluding hydrogens is 685 g/mol. The molecule has 0 aliphatic rings. The van der Waals surface area contributed by atoms with Crippen LogP contribution in [-0.2, 0) is 0 Å². The zero-order valence-corrected chi connectivity index (χ0v) is 30.2. The zero-order chi connectivity index (χ0) is 37.0. The molecule has 262 valence electrons. The second kappa shape index (κ2) is 13.0. The number of fused-ring (bicyclic) bond motifs is 6. The summed E-state index contributed by atoms with van der Waals surface area (Å²) in [4.78, 5) is 15.3. The molecule has 0 N–H and O–H groups in total. The fourth-order valence-electron chi connectivity index (χ4n) is 7.92. The third-order valence-electron chi connectivity index (χ3n) is 10.9. The fourth-order valence-corrected chi connectivity index (χ4v) is 7.92. The normalized spacial score (nSPS) is 11.6. The summed E-state index contributed by atoms with van der Waals surface area (Å²) in [6.45, 7) is 0. The first-order chi connectivity index (χ1) is 27.7. The second-order valence-electron chi connectivity index (χ2n) is 14.2. The minimum Gasteiger partial charge on any atom is -0.438 e. The van der Waals surface area contributed by atoms with Crippen molar-refractivity contribution in [2.24, 2.45) is 0 Å². The molecule has 7 aromatic carbocycles. The fraction of sp³-hybridized carbons (Fsp3) is 0. The van der Waals surface area contributed by atoms with E-state index in [4.69, 9.17) is 4.42 Å². The van der Waals surface area contributed by atoms with Crippen LogP contribution in [0.3, 0.4) is 0 Å². The second-order valence-corrected chi connectivity index (χ2v) is 14.2. The van der Waals surface area contributed by atoms with E-state index in [2.05, 4.69) is 172 Å². The highest BCUT2D eigenvalue weighted by Gasteiger charge is 2.15. The highest BCUT2D eigenvalue weighted by molar-refractivity contribution is 6.05. The quantitative estimate of drug-likeness (QED) is 0.171. The maximum absolute atomic E-state index is 5.99. The van der Waals surface area contributed by atoms with Crippen LogP contribution in [0.15, 0.2) is 199 Å². The zero-order valence-electron chi connectivity index (χ0n) is 30.2. The Balaban J connectivity index is 0.974. The molecule has 11 aromatic rings. The van der Waals surface area contributed by atoms with E-state index in [1.54, 1.807) is 6.20 Å². The Morgan fingerprint density at radius 1 is 0.357 bits per heavy atom. The van der Waals surface area contributed by atoms with Crippen molar-refractivity contribution in [3.05, 3.63) is 195 Å². The van der Waals surface area contributed by atoms with Crippen LogP contribution in [0.1, 0.15) is 0 Å². The van der Waals surface area contributed by atoms with E-state index in [1.807, 2.05) is 36.9 Å². The van der Waals surface area contributed by atoms with Gasteiger partial charge in [-0.3, -0.25) is 9.97 Å². The lowest BCUT2D eigenvalue weighted by molar-refractivity contribution is 0.654. The standard InChI is InChI=1S/C51H32N4O/c1-2-48-49-30-40(14-20-50(49)56-51(48)54-23-1)37-3-4-39-29-47(19-13-38(39)28-37)55(45-15-9-33(10-16-45)35-5-7-43-31-52-24-21-41(43)26-35)46-17-11-34(12-18-46)36-6-8-44-32-53-25-22-42(44)27-36/h1-32H. The molecule has 0 spiro atoms. The molecule has 4 aromatic heterocycles. The van der Waals surface area contributed by atoms with Crippen molar-refractivity contribution in [1.82, 2.24) is 15.0 Å². The molecule has 4 heterocycles. The van der Waals surface area contributed by atoms with Gasteiger partial charge in [-0.15, -0.1) is 0 Å². The van der Waals surface area contributed by atoms with E-state index in [0.717, 1.165) is 66.4 Å². The summed E-state index contributed by atoms with van der Waals surface area (Å²) in [5.74, 6) is 0. The van der Waals surface area contributed by atoms with E-state index in [-0.39, 0.29) is 0 Å². The molecule has 0 aliphatic carbocycles. The molecule has 0 bridgehead atoms. The Morgan fingerprint density at radius 2 is 0.839 bits per heavy atom. The Kier molecular flexibility index (Phi) is 7.42. The number of rotatable bonds is 6. The average molecular weight is 717 g/mol. The van der Waals surface area contributed by atoms with Crippen molar-refractivity contribution in [3.63, 3.8) is 0 Å². The predicted octanol–water partition coefficient (Wildman–Crippen LogP) is 13.7. The number of pyridine rings is 3. The van der Waals surface area contributed by atoms with Crippen molar-refractivity contribution in [2.45, 2.75) is 0 Å². The van der Waals surface area contributed by atoms with Gasteiger partial charge in [-0.25, -0.2) is 4.98 Å². The minimum absolute atomic E-state index is 0.664. The SMILES string of the molecule is c1cnc2oc3ccc(-c4ccc5cc(N(c6ccc(-c7ccc8cnccc8c7)cc6)c6ccc(-c7ccc8cnccc8c7)cc6)ccc5c4)cc3c2c1. The Labute approximate surface area is 322 Å². The van der Waals surface area contributed by atoms with Crippen molar-refractivity contribution < 1.29 is 4.42 Å². The lowest BCUT2D eigenvalue weighted by atomic mass is 9.99. The molecule has 0 saturated heterocycles. The van der Waals surface area contributed by atoms with Crippen molar-refractivity contribution >= 4 is 71.4 Å². The largest absolute Gasteiger partial charge is 0.438 e. The third-order valence-corrected chi connectivity index (χ3v) is 10.9. The lowest BCUT2D eigenvalue weighted by Crippen LogP contribution is -2.09. The first-order valence-corrected chi connectivity index (χ1v) is 18.7. The monoisotopic (exact) mass is 716 g/mol. The van der Waals surface area contributed by atoms with Gasteiger partial charge in [0.15, 0.2) is 0 Å². The molecule has 5 nitrogen and oxygen atoms in total. The van der Waals surface area contributed by atoms with Crippen LogP contribution in [0.25, 0.3) is 87.8 Å². The summed E-state index contributed by atoms with van der Waals surface area (Å²) in [7, 11) is 0. The number of hydrogen-bond donors (Lipinski definition) is 0. The Hall–Kier alpha value is -7.63. The van der Waals surface area contributed by atoms with Crippen LogP contribution in [0.4, 0.5) is 17.1 Å². The summed E-state index contributed by atoms with van der Waals surface area (Å²) in [5, 5.41) is 9.07. The van der Waals surface area contributed by atoms with E-state index < -0.39 is 0 Å². The molecule has 0 aliphatic heterocycles. The molecule has 56 heavy (non-hydrogen) atoms. The first kappa shape index (κ1) is 31.9. The topological polar surface area (TPSA) is 55.1 Å². The molecule has 0 fully saturated rings. The molecular formula is C51H32N4O. The molecule has 11 rings (SSSR count). The number of aromatic nitrogens is 3. The van der Waals surface area contributed by atoms with Gasteiger partial charge in [0.2, 0.25) is 5.71 Å². The van der Waals surface area contributed by atoms with Gasteiger partial charge in [0.05, 0.1) is 0 Å². The number of nitrogens with zero attached hydrogens (tertiary/aromatic N) is 4. The highest BCUT2D eigenvalue weighted by atomic mass is 16.3. The molecule has 0 amide bonds. The first-order valence-electron chi connectivity index (χ1n) is 18.7. The molecule has 0 atom stereocenters. The lowest BCUT2D eigenvalue weighted by Gasteiger charge is -2.26. The third kappa shape index (κ3) is 5.62. The summed E-state index contributed by atoms with van der Waals surface area (Å²) < 4.78 is 5.99. The maximum atomic E-state index is 5.99. The number of furan rings is 1. The summed E-state index contributed by atoms with van der Waals surface area (Å²) in [6, 6.07) is 58.8. The van der Waals surface area contributed by atoms with Crippen molar-refractivity contribution in [2.75, 3.05) is 4.90 Å². The maximum Gasteiger partial charge on any atom is 0.227 e. The minimum atomic E-state index is 0.664. The molecule has 0 saturated carbocycles. The van der Waals surface area contributed by atoms with Crippen LogP contribution in [0.5, 0.6) is 0 Å². The van der Waals surface area contributed by atoms with Crippen molar-refractivity contribution in [1.29, 1.82) is 0 Å². The van der Waals surface area contributed by atoms with E-state index in [0.29, 0.717) is 5.71 Å². The van der Waals surface area contributed by atoms with Gasteiger partial charge in [0, 0.05) is 69.6 Å². The number of anilines is 3. The Morgan fingerprint density at radius 3 is 1.48 bits per heavy atom. The van der Waals surface area contributed by atoms with Crippen LogP contribution >= 0.6 is 0 Å².